The molecule has 0 unspecified atom stereocenters. The zero-order valence-corrected chi connectivity index (χ0v) is 18.1. The number of benzene rings is 2. The van der Waals surface area contributed by atoms with Gasteiger partial charge >= 0.3 is 0 Å². The van der Waals surface area contributed by atoms with E-state index < -0.39 is 23.8 Å². The molecule has 3 aromatic rings. The van der Waals surface area contributed by atoms with Crippen molar-refractivity contribution in [1.82, 2.24) is 15.3 Å². The van der Waals surface area contributed by atoms with Gasteiger partial charge in [-0.2, -0.15) is 4.98 Å². The molecule has 7 nitrogen and oxygen atoms in total. The smallest absolute Gasteiger partial charge is 0.223 e. The Labute approximate surface area is 189 Å². The fourth-order valence-corrected chi connectivity index (χ4v) is 3.44. The summed E-state index contributed by atoms with van der Waals surface area (Å²) in [7, 11) is 1.59. The normalized spacial score (nSPS) is 12.9. The Hall–Kier alpha value is -3.01. The molecule has 5 N–H and O–H groups in total. The molecule has 0 fully saturated rings. The standard InChI is InChI=1S/C22H24ClF2N5O2/c1-32-17-4-2-3-13(7-17)11-27-12-19(31)18(8-14-5-15(24)9-16(25)6-14)28-21-10-20(23)29-22(26)30-21/h2-7,9-10,18-19,27,31H,8,11-12H2,1H3,(H3,26,28,29,30)/t18-,19+/m0/s1. The van der Waals surface area contributed by atoms with Crippen LogP contribution in [0.2, 0.25) is 5.15 Å². The summed E-state index contributed by atoms with van der Waals surface area (Å²) >= 11 is 5.94. The molecule has 0 aliphatic carbocycles. The lowest BCUT2D eigenvalue weighted by Crippen LogP contribution is -2.42. The van der Waals surface area contributed by atoms with E-state index in [2.05, 4.69) is 20.6 Å². The molecule has 1 heterocycles. The number of methoxy groups -OCH3 is 1. The van der Waals surface area contributed by atoms with E-state index in [-0.39, 0.29) is 29.9 Å². The summed E-state index contributed by atoms with van der Waals surface area (Å²) in [6, 6.07) is 11.6. The number of nitrogens with two attached hydrogens (primary N) is 1. The summed E-state index contributed by atoms with van der Waals surface area (Å²) in [5.41, 5.74) is 6.99. The molecule has 10 heteroatoms. The van der Waals surface area contributed by atoms with E-state index >= 15 is 0 Å². The zero-order chi connectivity index (χ0) is 23.1. The molecule has 0 saturated heterocycles. The van der Waals surface area contributed by atoms with Gasteiger partial charge in [0.15, 0.2) is 0 Å². The quantitative estimate of drug-likeness (QED) is 0.342. The van der Waals surface area contributed by atoms with Crippen LogP contribution < -0.4 is 21.1 Å². The third-order valence-corrected chi connectivity index (χ3v) is 4.90. The highest BCUT2D eigenvalue weighted by Gasteiger charge is 2.21. The molecular formula is C22H24ClF2N5O2. The predicted molar refractivity (Wildman–Crippen MR) is 120 cm³/mol. The second kappa shape index (κ2) is 11.0. The number of hydrogen-bond donors (Lipinski definition) is 4. The number of nitrogens with one attached hydrogen (secondary N) is 2. The number of aromatic nitrogens is 2. The first-order valence-electron chi connectivity index (χ1n) is 9.85. The summed E-state index contributed by atoms with van der Waals surface area (Å²) in [5, 5.41) is 17.2. The van der Waals surface area contributed by atoms with Crippen molar-refractivity contribution >= 4 is 23.4 Å². The summed E-state index contributed by atoms with van der Waals surface area (Å²) in [6.45, 7) is 0.683. The van der Waals surface area contributed by atoms with Crippen LogP contribution in [0.15, 0.2) is 48.5 Å². The Bertz CT molecular complexity index is 963. The maximum atomic E-state index is 13.7. The minimum atomic E-state index is -0.943. The Balaban J connectivity index is 1.72. The zero-order valence-electron chi connectivity index (χ0n) is 17.4. The Morgan fingerprint density at radius 2 is 1.84 bits per heavy atom. The first kappa shape index (κ1) is 23.6. The molecule has 2 atom stereocenters. The Kier molecular flexibility index (Phi) is 8.15. The third-order valence-electron chi connectivity index (χ3n) is 4.70. The maximum absolute atomic E-state index is 13.7. The monoisotopic (exact) mass is 463 g/mol. The van der Waals surface area contributed by atoms with Crippen LogP contribution in [0, 0.1) is 11.6 Å². The van der Waals surface area contributed by atoms with Crippen molar-refractivity contribution in [3.8, 4) is 5.75 Å². The number of hydrogen-bond acceptors (Lipinski definition) is 7. The molecular weight excluding hydrogens is 440 g/mol. The highest BCUT2D eigenvalue weighted by Crippen LogP contribution is 2.18. The van der Waals surface area contributed by atoms with E-state index in [1.54, 1.807) is 7.11 Å². The summed E-state index contributed by atoms with van der Waals surface area (Å²) in [5.74, 6) is -0.411. The van der Waals surface area contributed by atoms with E-state index in [0.29, 0.717) is 12.1 Å². The van der Waals surface area contributed by atoms with Gasteiger partial charge in [-0.15, -0.1) is 0 Å². The van der Waals surface area contributed by atoms with Crippen LogP contribution in [0.3, 0.4) is 0 Å². The van der Waals surface area contributed by atoms with E-state index in [1.165, 1.54) is 18.2 Å². The lowest BCUT2D eigenvalue weighted by molar-refractivity contribution is 0.148. The van der Waals surface area contributed by atoms with Gasteiger partial charge in [-0.3, -0.25) is 0 Å². The molecule has 0 spiro atoms. The number of ether oxygens (including phenoxy) is 1. The van der Waals surface area contributed by atoms with Crippen LogP contribution >= 0.6 is 11.6 Å². The number of nitrogens with zero attached hydrogens (tertiary/aromatic N) is 2. The van der Waals surface area contributed by atoms with Gasteiger partial charge in [0.05, 0.1) is 19.3 Å². The van der Waals surface area contributed by atoms with Gasteiger partial charge in [0, 0.05) is 25.2 Å². The van der Waals surface area contributed by atoms with Crippen LogP contribution in [0.4, 0.5) is 20.5 Å². The lowest BCUT2D eigenvalue weighted by Gasteiger charge is -2.25. The van der Waals surface area contributed by atoms with Crippen molar-refractivity contribution in [3.63, 3.8) is 0 Å². The topological polar surface area (TPSA) is 105 Å². The first-order valence-corrected chi connectivity index (χ1v) is 10.2. The van der Waals surface area contributed by atoms with Crippen LogP contribution in [0.1, 0.15) is 11.1 Å². The van der Waals surface area contributed by atoms with Crippen molar-refractivity contribution in [2.75, 3.05) is 24.7 Å². The van der Waals surface area contributed by atoms with E-state index in [9.17, 15) is 13.9 Å². The lowest BCUT2D eigenvalue weighted by atomic mass is 10.0. The van der Waals surface area contributed by atoms with Gasteiger partial charge < -0.3 is 26.2 Å². The third kappa shape index (κ3) is 7.01. The number of rotatable bonds is 10. The van der Waals surface area contributed by atoms with Crippen LogP contribution in [-0.4, -0.2) is 40.9 Å². The van der Waals surface area contributed by atoms with Crippen LogP contribution in [0.25, 0.3) is 0 Å². The SMILES string of the molecule is COc1cccc(CNC[C@@H](O)[C@H](Cc2cc(F)cc(F)c2)Nc2cc(Cl)nc(N)n2)c1. The van der Waals surface area contributed by atoms with Gasteiger partial charge in [0.1, 0.15) is 28.4 Å². The van der Waals surface area contributed by atoms with Crippen molar-refractivity contribution in [2.24, 2.45) is 0 Å². The molecule has 170 valence electrons. The van der Waals surface area contributed by atoms with Crippen LogP contribution in [0.5, 0.6) is 5.75 Å². The minimum Gasteiger partial charge on any atom is -0.497 e. The second-order valence-corrected chi connectivity index (χ2v) is 7.60. The van der Waals surface area contributed by atoms with Gasteiger partial charge in [-0.1, -0.05) is 23.7 Å². The molecule has 0 aliphatic heterocycles. The Morgan fingerprint density at radius 3 is 2.53 bits per heavy atom. The van der Waals surface area contributed by atoms with Crippen molar-refractivity contribution in [3.05, 3.63) is 76.4 Å². The van der Waals surface area contributed by atoms with Crippen molar-refractivity contribution < 1.29 is 18.6 Å². The summed E-state index contributed by atoms with van der Waals surface area (Å²) < 4.78 is 32.5. The van der Waals surface area contributed by atoms with Gasteiger partial charge in [0.25, 0.3) is 0 Å². The fraction of sp³-hybridized carbons (Fsp3) is 0.273. The van der Waals surface area contributed by atoms with Gasteiger partial charge in [0.2, 0.25) is 5.95 Å². The number of nitrogen functional groups attached to an aromatic ring is 1. The number of aliphatic hydroxyl groups is 1. The van der Waals surface area contributed by atoms with Gasteiger partial charge in [-0.05, 0) is 41.8 Å². The average Bonchev–Trinajstić information content (AvgIpc) is 2.72. The number of halogens is 3. The molecule has 1 aromatic heterocycles. The second-order valence-electron chi connectivity index (χ2n) is 7.22. The van der Waals surface area contributed by atoms with Crippen molar-refractivity contribution in [2.45, 2.75) is 25.1 Å². The van der Waals surface area contributed by atoms with Crippen LogP contribution in [-0.2, 0) is 13.0 Å². The number of aliphatic hydroxyl groups excluding tert-OH is 1. The van der Waals surface area contributed by atoms with Gasteiger partial charge in [-0.25, -0.2) is 13.8 Å². The minimum absolute atomic E-state index is 0.0406. The Morgan fingerprint density at radius 1 is 1.09 bits per heavy atom. The maximum Gasteiger partial charge on any atom is 0.223 e. The van der Waals surface area contributed by atoms with Crippen molar-refractivity contribution in [1.29, 1.82) is 0 Å². The molecule has 0 saturated carbocycles. The summed E-state index contributed by atoms with van der Waals surface area (Å²) in [4.78, 5) is 7.86. The first-order chi connectivity index (χ1) is 15.3. The molecule has 0 amide bonds. The van der Waals surface area contributed by atoms with E-state index in [0.717, 1.165) is 17.4 Å². The van der Waals surface area contributed by atoms with E-state index in [1.807, 2.05) is 24.3 Å². The fourth-order valence-electron chi connectivity index (χ4n) is 3.25. The predicted octanol–water partition coefficient (Wildman–Crippen LogP) is 3.17. The number of anilines is 2. The average molecular weight is 464 g/mol. The molecule has 0 radical (unpaired) electrons. The largest absolute Gasteiger partial charge is 0.497 e. The molecule has 0 aliphatic rings. The highest BCUT2D eigenvalue weighted by atomic mass is 35.5. The van der Waals surface area contributed by atoms with E-state index in [4.69, 9.17) is 22.1 Å². The summed E-state index contributed by atoms with van der Waals surface area (Å²) in [6.07, 6.45) is -0.819. The molecule has 32 heavy (non-hydrogen) atoms. The highest BCUT2D eigenvalue weighted by molar-refractivity contribution is 6.29. The molecule has 0 bridgehead atoms. The molecule has 3 rings (SSSR count). The molecule has 2 aromatic carbocycles.